The van der Waals surface area contributed by atoms with E-state index in [2.05, 4.69) is 31.2 Å². The Morgan fingerprint density at radius 3 is 2.84 bits per heavy atom. The predicted molar refractivity (Wildman–Crippen MR) is 136 cm³/mol. The third-order valence-corrected chi connectivity index (χ3v) is 7.35. The number of rotatable bonds is 7. The van der Waals surface area contributed by atoms with E-state index in [1.165, 1.54) is 23.1 Å². The third kappa shape index (κ3) is 5.76. The number of aromatic hydroxyl groups is 1. The Morgan fingerprint density at radius 1 is 1.22 bits per heavy atom. The van der Waals surface area contributed by atoms with Crippen LogP contribution in [0.4, 0.5) is 5.69 Å². The van der Waals surface area contributed by atoms with E-state index in [4.69, 9.17) is 0 Å². The molecular weight excluding hydrogens is 506 g/mol. The summed E-state index contributed by atoms with van der Waals surface area (Å²) in [5.74, 6) is 0.462. The highest BCUT2D eigenvalue weighted by Crippen LogP contribution is 2.32. The molecule has 3 aromatic carbocycles. The lowest BCUT2D eigenvalue weighted by Crippen LogP contribution is -2.28. The Bertz CT molecular complexity index is 1270. The van der Waals surface area contributed by atoms with Crippen molar-refractivity contribution in [3.05, 3.63) is 82.3 Å². The molecule has 0 radical (unpaired) electrons. The van der Waals surface area contributed by atoms with E-state index in [1.807, 2.05) is 61.5 Å². The van der Waals surface area contributed by atoms with Crippen LogP contribution in [0.1, 0.15) is 24.1 Å². The number of benzene rings is 3. The van der Waals surface area contributed by atoms with Gasteiger partial charge < -0.3 is 10.4 Å². The molecule has 1 aromatic heterocycles. The van der Waals surface area contributed by atoms with Crippen LogP contribution in [0.15, 0.2) is 80.5 Å². The van der Waals surface area contributed by atoms with Crippen LogP contribution in [0.5, 0.6) is 5.75 Å². The first-order valence-electron chi connectivity index (χ1n) is 9.88. The molecule has 8 heteroatoms. The van der Waals surface area contributed by atoms with Crippen molar-refractivity contribution in [3.63, 3.8) is 0 Å². The largest absolute Gasteiger partial charge is 0.507 e. The van der Waals surface area contributed by atoms with Crippen LogP contribution in [0.3, 0.4) is 0 Å². The fraction of sp³-hybridized carbons (Fsp3) is 0.125. The zero-order valence-electron chi connectivity index (χ0n) is 17.2. The van der Waals surface area contributed by atoms with Crippen LogP contribution in [-0.4, -0.2) is 28.0 Å². The van der Waals surface area contributed by atoms with Crippen LogP contribution in [-0.2, 0) is 4.79 Å². The molecule has 1 amide bonds. The molecule has 1 atom stereocenters. The molecule has 0 aliphatic carbocycles. The van der Waals surface area contributed by atoms with Gasteiger partial charge in [0.2, 0.25) is 5.91 Å². The second-order valence-corrected chi connectivity index (χ2v) is 10.3. The smallest absolute Gasteiger partial charge is 0.230 e. The van der Waals surface area contributed by atoms with Crippen molar-refractivity contribution in [2.75, 3.05) is 5.75 Å². The number of thiazole rings is 1. The quantitative estimate of drug-likeness (QED) is 0.213. The number of hydrogen-bond acceptors (Lipinski definition) is 6. The van der Waals surface area contributed by atoms with Crippen molar-refractivity contribution in [3.8, 4) is 5.75 Å². The first-order valence-corrected chi connectivity index (χ1v) is 12.5. The number of thioether (sulfide) groups is 1. The number of aromatic nitrogens is 1. The van der Waals surface area contributed by atoms with Crippen molar-refractivity contribution in [2.24, 2.45) is 4.99 Å². The Hall–Kier alpha value is -2.68. The van der Waals surface area contributed by atoms with Gasteiger partial charge in [-0.1, -0.05) is 58.0 Å². The number of phenolic OH excluding ortho intramolecular Hbond substituents is 1. The van der Waals surface area contributed by atoms with E-state index >= 15 is 0 Å². The SMILES string of the molecule is C[C@H](NC(=O)CSc1nc2ccc(N=Cc3cc(Br)ccc3O)cc2s1)c1ccccc1. The van der Waals surface area contributed by atoms with E-state index < -0.39 is 0 Å². The number of nitrogens with zero attached hydrogens (tertiary/aromatic N) is 2. The molecule has 162 valence electrons. The summed E-state index contributed by atoms with van der Waals surface area (Å²) in [4.78, 5) is 21.4. The lowest BCUT2D eigenvalue weighted by Gasteiger charge is -2.13. The van der Waals surface area contributed by atoms with Gasteiger partial charge in [0, 0.05) is 16.3 Å². The molecule has 0 spiro atoms. The number of nitrogens with one attached hydrogen (secondary N) is 1. The van der Waals surface area contributed by atoms with E-state index in [0.29, 0.717) is 11.3 Å². The van der Waals surface area contributed by atoms with Crippen LogP contribution in [0.25, 0.3) is 10.2 Å². The number of phenols is 1. The van der Waals surface area contributed by atoms with Crippen molar-refractivity contribution in [1.82, 2.24) is 10.3 Å². The molecule has 4 rings (SSSR count). The maximum Gasteiger partial charge on any atom is 0.230 e. The number of aliphatic imine (C=N–C) groups is 1. The summed E-state index contributed by atoms with van der Waals surface area (Å²) in [6, 6.07) is 20.8. The van der Waals surface area contributed by atoms with Crippen molar-refractivity contribution < 1.29 is 9.90 Å². The zero-order valence-corrected chi connectivity index (χ0v) is 20.4. The first kappa shape index (κ1) is 22.5. The molecule has 0 saturated carbocycles. The van der Waals surface area contributed by atoms with Gasteiger partial charge in [0.1, 0.15) is 5.75 Å². The zero-order chi connectivity index (χ0) is 22.5. The molecule has 5 nitrogen and oxygen atoms in total. The Labute approximate surface area is 202 Å². The van der Waals surface area contributed by atoms with Crippen molar-refractivity contribution >= 4 is 67.1 Å². The van der Waals surface area contributed by atoms with Crippen molar-refractivity contribution in [1.29, 1.82) is 0 Å². The van der Waals surface area contributed by atoms with Gasteiger partial charge >= 0.3 is 0 Å². The molecule has 0 aliphatic rings. The maximum absolute atomic E-state index is 12.3. The van der Waals surface area contributed by atoms with E-state index in [-0.39, 0.29) is 17.7 Å². The monoisotopic (exact) mass is 525 g/mol. The summed E-state index contributed by atoms with van der Waals surface area (Å²) < 4.78 is 2.71. The second kappa shape index (κ2) is 10.3. The van der Waals surface area contributed by atoms with Gasteiger partial charge in [-0.05, 0) is 48.9 Å². The number of amides is 1. The highest BCUT2D eigenvalue weighted by molar-refractivity contribution is 9.10. The minimum absolute atomic E-state index is 0.0234. The fourth-order valence-corrected chi connectivity index (χ4v) is 5.33. The first-order chi connectivity index (χ1) is 15.5. The standard InChI is InChI=1S/C24H20BrN3O2S2/c1-15(16-5-3-2-4-6-16)27-23(30)14-31-24-28-20-9-8-19(12-22(20)32-24)26-13-17-11-18(25)7-10-21(17)29/h2-13,15,29H,14H2,1H3,(H,27,30)/t15-/m0/s1. The van der Waals surface area contributed by atoms with Crippen LogP contribution in [0, 0.1) is 0 Å². The minimum atomic E-state index is -0.0373. The molecule has 0 unspecified atom stereocenters. The van der Waals surface area contributed by atoms with E-state index in [0.717, 1.165) is 30.3 Å². The van der Waals surface area contributed by atoms with Gasteiger partial charge in [0.15, 0.2) is 4.34 Å². The van der Waals surface area contributed by atoms with Gasteiger partial charge in [-0.2, -0.15) is 0 Å². The van der Waals surface area contributed by atoms with Crippen LogP contribution >= 0.6 is 39.0 Å². The predicted octanol–water partition coefficient (Wildman–Crippen LogP) is 6.48. The summed E-state index contributed by atoms with van der Waals surface area (Å²) in [5.41, 5.74) is 3.36. The molecule has 2 N–H and O–H groups in total. The molecular formula is C24H20BrN3O2S2. The molecule has 4 aromatic rings. The molecule has 0 aliphatic heterocycles. The van der Waals surface area contributed by atoms with E-state index in [9.17, 15) is 9.90 Å². The number of carbonyl (C=O) groups is 1. The summed E-state index contributed by atoms with van der Waals surface area (Å²) >= 11 is 6.36. The lowest BCUT2D eigenvalue weighted by atomic mass is 10.1. The normalized spacial score (nSPS) is 12.3. The van der Waals surface area contributed by atoms with Crippen LogP contribution in [0.2, 0.25) is 0 Å². The van der Waals surface area contributed by atoms with Crippen LogP contribution < -0.4 is 5.32 Å². The average molecular weight is 526 g/mol. The van der Waals surface area contributed by atoms with Gasteiger partial charge in [-0.15, -0.1) is 11.3 Å². The molecule has 0 bridgehead atoms. The Morgan fingerprint density at radius 2 is 2.03 bits per heavy atom. The lowest BCUT2D eigenvalue weighted by molar-refractivity contribution is -0.119. The molecule has 0 fully saturated rings. The Kier molecular flexibility index (Phi) is 7.24. The van der Waals surface area contributed by atoms with Gasteiger partial charge in [0.05, 0.1) is 27.7 Å². The second-order valence-electron chi connectivity index (χ2n) is 7.08. The summed E-state index contributed by atoms with van der Waals surface area (Å²) in [6.07, 6.45) is 1.64. The summed E-state index contributed by atoms with van der Waals surface area (Å²) in [5, 5.41) is 13.0. The number of halogens is 1. The number of fused-ring (bicyclic) bond motifs is 1. The summed E-state index contributed by atoms with van der Waals surface area (Å²) in [6.45, 7) is 1.98. The Balaban J connectivity index is 1.39. The average Bonchev–Trinajstić information content (AvgIpc) is 3.21. The van der Waals surface area contributed by atoms with Gasteiger partial charge in [-0.3, -0.25) is 9.79 Å². The fourth-order valence-electron chi connectivity index (χ4n) is 3.04. The minimum Gasteiger partial charge on any atom is -0.507 e. The molecule has 1 heterocycles. The summed E-state index contributed by atoms with van der Waals surface area (Å²) in [7, 11) is 0. The maximum atomic E-state index is 12.3. The van der Waals surface area contributed by atoms with Gasteiger partial charge in [-0.25, -0.2) is 4.98 Å². The number of hydrogen-bond donors (Lipinski definition) is 2. The topological polar surface area (TPSA) is 74.6 Å². The van der Waals surface area contributed by atoms with Gasteiger partial charge in [0.25, 0.3) is 0 Å². The molecule has 0 saturated heterocycles. The van der Waals surface area contributed by atoms with Crippen molar-refractivity contribution in [2.45, 2.75) is 17.3 Å². The molecule has 32 heavy (non-hydrogen) atoms. The van der Waals surface area contributed by atoms with E-state index in [1.54, 1.807) is 18.3 Å². The highest BCUT2D eigenvalue weighted by atomic mass is 79.9. The number of carbonyl (C=O) groups excluding carboxylic acids is 1. The highest BCUT2D eigenvalue weighted by Gasteiger charge is 2.12. The third-order valence-electron chi connectivity index (χ3n) is 4.70.